The third kappa shape index (κ3) is 4.93. The summed E-state index contributed by atoms with van der Waals surface area (Å²) in [6, 6.07) is 0. The lowest BCUT2D eigenvalue weighted by molar-refractivity contribution is -0.141. The van der Waals surface area contributed by atoms with Gasteiger partial charge in [-0.05, 0) is 27.7 Å². The molecular formula is C22H30N6O6. The van der Waals surface area contributed by atoms with Crippen LogP contribution in [0.15, 0.2) is 9.59 Å². The lowest BCUT2D eigenvalue weighted by Gasteiger charge is -2.36. The fourth-order valence-corrected chi connectivity index (χ4v) is 3.65. The number of esters is 1. The Balaban J connectivity index is 2.05. The average Bonchev–Trinajstić information content (AvgIpc) is 3.17. The molecule has 34 heavy (non-hydrogen) atoms. The second-order valence-corrected chi connectivity index (χ2v) is 8.86. The quantitative estimate of drug-likeness (QED) is 0.454. The number of hydrogen-bond donors (Lipinski definition) is 0. The maximum atomic E-state index is 13.0. The topological polar surface area (TPSA) is 121 Å². The van der Waals surface area contributed by atoms with Gasteiger partial charge in [0.1, 0.15) is 12.1 Å². The number of anilines is 1. The van der Waals surface area contributed by atoms with Crippen LogP contribution >= 0.6 is 0 Å². The van der Waals surface area contributed by atoms with Gasteiger partial charge in [0.05, 0.1) is 13.7 Å². The Morgan fingerprint density at radius 1 is 1.09 bits per heavy atom. The zero-order valence-electron chi connectivity index (χ0n) is 20.4. The lowest BCUT2D eigenvalue weighted by Crippen LogP contribution is -2.50. The highest BCUT2D eigenvalue weighted by Gasteiger charge is 2.29. The molecule has 0 aromatic carbocycles. The molecule has 3 rings (SSSR count). The fourth-order valence-electron chi connectivity index (χ4n) is 3.65. The van der Waals surface area contributed by atoms with Crippen LogP contribution in [0.4, 0.5) is 10.7 Å². The van der Waals surface area contributed by atoms with Crippen molar-refractivity contribution in [3.05, 3.63) is 20.8 Å². The Labute approximate surface area is 196 Å². The molecule has 0 atom stereocenters. The van der Waals surface area contributed by atoms with E-state index in [4.69, 9.17) is 9.47 Å². The van der Waals surface area contributed by atoms with Crippen LogP contribution < -0.4 is 16.1 Å². The molecule has 0 spiro atoms. The van der Waals surface area contributed by atoms with Crippen LogP contribution in [0.1, 0.15) is 27.7 Å². The van der Waals surface area contributed by atoms with Crippen molar-refractivity contribution in [1.82, 2.24) is 23.6 Å². The summed E-state index contributed by atoms with van der Waals surface area (Å²) in [6.45, 7) is 8.56. The zero-order chi connectivity index (χ0) is 25.2. The Morgan fingerprint density at radius 3 is 2.29 bits per heavy atom. The molecular weight excluding hydrogens is 444 g/mol. The fraction of sp³-hybridized carbons (Fsp3) is 0.591. The maximum absolute atomic E-state index is 13.0. The van der Waals surface area contributed by atoms with Gasteiger partial charge in [-0.15, -0.1) is 5.92 Å². The third-order valence-corrected chi connectivity index (χ3v) is 5.35. The van der Waals surface area contributed by atoms with Crippen molar-refractivity contribution < 1.29 is 19.1 Å². The number of ether oxygens (including phenoxy) is 2. The summed E-state index contributed by atoms with van der Waals surface area (Å²) in [4.78, 5) is 58.3. The van der Waals surface area contributed by atoms with Crippen molar-refractivity contribution in [2.24, 2.45) is 7.05 Å². The predicted octanol–water partition coefficient (Wildman–Crippen LogP) is 0.150. The van der Waals surface area contributed by atoms with E-state index in [1.54, 1.807) is 16.4 Å². The molecule has 12 heteroatoms. The van der Waals surface area contributed by atoms with Crippen molar-refractivity contribution in [2.75, 3.05) is 38.2 Å². The van der Waals surface area contributed by atoms with E-state index in [0.717, 1.165) is 9.13 Å². The average molecular weight is 475 g/mol. The summed E-state index contributed by atoms with van der Waals surface area (Å²) >= 11 is 0. The number of carbonyl (C=O) groups excluding carboxylic acids is 2. The predicted molar refractivity (Wildman–Crippen MR) is 125 cm³/mol. The summed E-state index contributed by atoms with van der Waals surface area (Å²) in [7, 11) is 2.57. The van der Waals surface area contributed by atoms with Gasteiger partial charge in [-0.25, -0.2) is 9.59 Å². The van der Waals surface area contributed by atoms with E-state index in [1.807, 2.05) is 25.7 Å². The molecule has 3 heterocycles. The molecule has 12 nitrogen and oxygen atoms in total. The van der Waals surface area contributed by atoms with Crippen molar-refractivity contribution >= 4 is 29.2 Å². The Kier molecular flexibility index (Phi) is 7.04. The van der Waals surface area contributed by atoms with Gasteiger partial charge in [-0.3, -0.25) is 23.3 Å². The molecule has 1 amide bonds. The van der Waals surface area contributed by atoms with Crippen molar-refractivity contribution in [2.45, 2.75) is 46.4 Å². The number of hydrogen-bond acceptors (Lipinski definition) is 8. The molecule has 1 aliphatic heterocycles. The number of rotatable bonds is 4. The molecule has 2 aromatic heterocycles. The summed E-state index contributed by atoms with van der Waals surface area (Å²) in [6.07, 6.45) is -0.390. The van der Waals surface area contributed by atoms with Crippen LogP contribution in [-0.2, 0) is 34.4 Å². The summed E-state index contributed by atoms with van der Waals surface area (Å²) in [5.74, 6) is 5.54. The molecule has 0 aliphatic carbocycles. The minimum absolute atomic E-state index is 0.0842. The maximum Gasteiger partial charge on any atom is 0.410 e. The number of methoxy groups -OCH3 is 1. The Hall–Kier alpha value is -3.75. The molecule has 0 bridgehead atoms. The minimum atomic E-state index is -0.671. The molecule has 0 unspecified atom stereocenters. The molecule has 0 saturated carbocycles. The number of nitrogens with zero attached hydrogens (tertiary/aromatic N) is 6. The second-order valence-electron chi connectivity index (χ2n) is 8.86. The number of fused-ring (bicyclic) bond motifs is 1. The molecule has 0 N–H and O–H groups in total. The summed E-state index contributed by atoms with van der Waals surface area (Å²) in [5, 5.41) is 0. The van der Waals surface area contributed by atoms with Crippen molar-refractivity contribution in [1.29, 1.82) is 0 Å². The highest BCUT2D eigenvalue weighted by Crippen LogP contribution is 2.22. The van der Waals surface area contributed by atoms with Gasteiger partial charge in [-0.1, -0.05) is 5.92 Å². The summed E-state index contributed by atoms with van der Waals surface area (Å²) in [5.41, 5.74) is -1.55. The van der Waals surface area contributed by atoms with E-state index in [-0.39, 0.29) is 24.3 Å². The van der Waals surface area contributed by atoms with Gasteiger partial charge in [0, 0.05) is 33.2 Å². The van der Waals surface area contributed by atoms with Crippen LogP contribution in [0.25, 0.3) is 11.2 Å². The van der Waals surface area contributed by atoms with Crippen LogP contribution in [0.3, 0.4) is 0 Å². The van der Waals surface area contributed by atoms with Crippen LogP contribution in [0, 0.1) is 11.8 Å². The van der Waals surface area contributed by atoms with Gasteiger partial charge in [-0.2, -0.15) is 4.98 Å². The highest BCUT2D eigenvalue weighted by molar-refractivity contribution is 5.77. The van der Waals surface area contributed by atoms with E-state index in [1.165, 1.54) is 14.2 Å². The standard InChI is InChI=1S/C22H30N6O6/c1-7-8-9-27-16-17(28(14-15(29)33-6)20(31)24(5)18(16)30)23-19(27)25-10-12-26(13-11-25)21(32)34-22(2,3)4/h9-14H2,1-6H3. The van der Waals surface area contributed by atoms with Gasteiger partial charge in [0.25, 0.3) is 5.56 Å². The van der Waals surface area contributed by atoms with Crippen LogP contribution in [0.5, 0.6) is 0 Å². The highest BCUT2D eigenvalue weighted by atomic mass is 16.6. The number of imidazole rings is 1. The molecule has 1 saturated heterocycles. The molecule has 1 aliphatic rings. The monoisotopic (exact) mass is 474 g/mol. The van der Waals surface area contributed by atoms with Crippen LogP contribution in [0.2, 0.25) is 0 Å². The normalized spacial score (nSPS) is 14.1. The van der Waals surface area contributed by atoms with E-state index in [9.17, 15) is 19.2 Å². The second kappa shape index (κ2) is 9.62. The van der Waals surface area contributed by atoms with Crippen LogP contribution in [-0.4, -0.2) is 74.5 Å². The molecule has 2 aromatic rings. The van der Waals surface area contributed by atoms with Gasteiger partial charge in [0.15, 0.2) is 11.2 Å². The molecule has 184 valence electrons. The summed E-state index contributed by atoms with van der Waals surface area (Å²) < 4.78 is 13.9. The third-order valence-electron chi connectivity index (χ3n) is 5.35. The first-order valence-electron chi connectivity index (χ1n) is 10.9. The first-order chi connectivity index (χ1) is 16.0. The van der Waals surface area contributed by atoms with E-state index < -0.39 is 28.9 Å². The van der Waals surface area contributed by atoms with Crippen molar-refractivity contribution in [3.63, 3.8) is 0 Å². The zero-order valence-corrected chi connectivity index (χ0v) is 20.4. The Bertz CT molecular complexity index is 1280. The lowest BCUT2D eigenvalue weighted by atomic mass is 10.2. The van der Waals surface area contributed by atoms with E-state index >= 15 is 0 Å². The van der Waals surface area contributed by atoms with E-state index in [0.29, 0.717) is 32.1 Å². The minimum Gasteiger partial charge on any atom is -0.468 e. The number of aromatic nitrogens is 4. The number of carbonyl (C=O) groups is 2. The first kappa shape index (κ1) is 24.9. The number of amides is 1. The van der Waals surface area contributed by atoms with Gasteiger partial charge >= 0.3 is 17.8 Å². The smallest absolute Gasteiger partial charge is 0.410 e. The first-order valence-corrected chi connectivity index (χ1v) is 10.9. The molecule has 0 radical (unpaired) electrons. The van der Waals surface area contributed by atoms with E-state index in [2.05, 4.69) is 16.8 Å². The molecule has 1 fully saturated rings. The van der Waals surface area contributed by atoms with Gasteiger partial charge in [0.2, 0.25) is 5.95 Å². The number of piperazine rings is 1. The Morgan fingerprint density at radius 2 is 1.74 bits per heavy atom. The van der Waals surface area contributed by atoms with Gasteiger partial charge < -0.3 is 19.3 Å². The SMILES string of the molecule is CC#CCn1c(N2CCN(C(=O)OC(C)(C)C)CC2)nc2c1c(=O)n(C)c(=O)n2CC(=O)OC. The van der Waals surface area contributed by atoms with Crippen molar-refractivity contribution in [3.8, 4) is 11.8 Å². The largest absolute Gasteiger partial charge is 0.468 e.